The first kappa shape index (κ1) is 16.3. The van der Waals surface area contributed by atoms with Gasteiger partial charge in [0, 0.05) is 11.4 Å². The highest BCUT2D eigenvalue weighted by Crippen LogP contribution is 2.21. The Labute approximate surface area is 132 Å². The normalized spacial score (nSPS) is 11.8. The number of hydrogen-bond acceptors (Lipinski definition) is 2. The molecule has 1 aromatic heterocycles. The van der Waals surface area contributed by atoms with Gasteiger partial charge in [-0.2, -0.15) is 5.10 Å². The van der Waals surface area contributed by atoms with E-state index in [2.05, 4.69) is 51.1 Å². The SMILES string of the molecule is Cc1c(C(=O)Nc2cccc(C(C)C)c2)cnn1C(C)(C)C. The Morgan fingerprint density at radius 2 is 1.95 bits per heavy atom. The van der Waals surface area contributed by atoms with Crippen LogP contribution in [0.1, 0.15) is 62.2 Å². The third kappa shape index (κ3) is 3.38. The Bertz CT molecular complexity index is 678. The predicted molar refractivity (Wildman–Crippen MR) is 90.4 cm³/mol. The maximum Gasteiger partial charge on any atom is 0.259 e. The van der Waals surface area contributed by atoms with E-state index in [9.17, 15) is 4.79 Å². The summed E-state index contributed by atoms with van der Waals surface area (Å²) in [5, 5.41) is 7.32. The topological polar surface area (TPSA) is 46.9 Å². The second kappa shape index (κ2) is 5.95. The lowest BCUT2D eigenvalue weighted by atomic mass is 10.0. The smallest absolute Gasteiger partial charge is 0.259 e. The molecule has 1 heterocycles. The molecule has 4 nitrogen and oxygen atoms in total. The van der Waals surface area contributed by atoms with E-state index in [4.69, 9.17) is 0 Å². The van der Waals surface area contributed by atoms with Gasteiger partial charge in [0.25, 0.3) is 5.91 Å². The fourth-order valence-electron chi connectivity index (χ4n) is 2.48. The zero-order valence-corrected chi connectivity index (χ0v) is 14.3. The van der Waals surface area contributed by atoms with Crippen molar-refractivity contribution in [2.45, 2.75) is 53.0 Å². The molecule has 0 fully saturated rings. The first-order valence-electron chi connectivity index (χ1n) is 7.66. The van der Waals surface area contributed by atoms with E-state index in [0.717, 1.165) is 11.4 Å². The Balaban J connectivity index is 2.23. The molecule has 0 aliphatic heterocycles. The minimum absolute atomic E-state index is 0.117. The fraction of sp³-hybridized carbons (Fsp3) is 0.444. The number of hydrogen-bond donors (Lipinski definition) is 1. The number of carbonyl (C=O) groups is 1. The number of nitrogens with zero attached hydrogens (tertiary/aromatic N) is 2. The van der Waals surface area contributed by atoms with Crippen LogP contribution in [0.5, 0.6) is 0 Å². The zero-order valence-electron chi connectivity index (χ0n) is 14.3. The molecule has 22 heavy (non-hydrogen) atoms. The van der Waals surface area contributed by atoms with E-state index in [1.807, 2.05) is 29.8 Å². The number of amides is 1. The van der Waals surface area contributed by atoms with Crippen molar-refractivity contribution in [3.8, 4) is 0 Å². The predicted octanol–water partition coefficient (Wildman–Crippen LogP) is 4.32. The summed E-state index contributed by atoms with van der Waals surface area (Å²) in [4.78, 5) is 12.5. The van der Waals surface area contributed by atoms with E-state index < -0.39 is 0 Å². The molecule has 0 bridgehead atoms. The van der Waals surface area contributed by atoms with Crippen molar-refractivity contribution in [2.75, 3.05) is 5.32 Å². The number of rotatable bonds is 3. The largest absolute Gasteiger partial charge is 0.322 e. The summed E-state index contributed by atoms with van der Waals surface area (Å²) in [7, 11) is 0. The van der Waals surface area contributed by atoms with Crippen LogP contribution in [-0.4, -0.2) is 15.7 Å². The number of aromatic nitrogens is 2. The highest BCUT2D eigenvalue weighted by Gasteiger charge is 2.21. The van der Waals surface area contributed by atoms with Crippen LogP contribution in [0.4, 0.5) is 5.69 Å². The molecule has 0 saturated carbocycles. The summed E-state index contributed by atoms with van der Waals surface area (Å²) in [6.07, 6.45) is 1.64. The first-order chi connectivity index (χ1) is 10.2. The van der Waals surface area contributed by atoms with Crippen molar-refractivity contribution in [2.24, 2.45) is 0 Å². The Hall–Kier alpha value is -2.10. The molecular weight excluding hydrogens is 274 g/mol. The molecule has 1 aromatic carbocycles. The maximum atomic E-state index is 12.5. The molecule has 0 saturated heterocycles. The van der Waals surface area contributed by atoms with E-state index >= 15 is 0 Å². The minimum Gasteiger partial charge on any atom is -0.322 e. The van der Waals surface area contributed by atoms with Crippen molar-refractivity contribution < 1.29 is 4.79 Å². The van der Waals surface area contributed by atoms with Crippen LogP contribution in [0.3, 0.4) is 0 Å². The maximum absolute atomic E-state index is 12.5. The molecule has 2 rings (SSSR count). The van der Waals surface area contributed by atoms with Gasteiger partial charge in [0.15, 0.2) is 0 Å². The summed E-state index contributed by atoms with van der Waals surface area (Å²) >= 11 is 0. The van der Waals surface area contributed by atoms with Crippen LogP contribution < -0.4 is 5.32 Å². The standard InChI is InChI=1S/C18H25N3O/c1-12(2)14-8-7-9-15(10-14)20-17(22)16-11-19-21(13(16)3)18(4,5)6/h7-12H,1-6H3,(H,20,22). The Kier molecular flexibility index (Phi) is 4.40. The second-order valence-electron chi connectivity index (χ2n) is 6.96. The summed E-state index contributed by atoms with van der Waals surface area (Å²) in [6, 6.07) is 7.97. The fourth-order valence-corrected chi connectivity index (χ4v) is 2.48. The molecule has 0 radical (unpaired) electrons. The number of benzene rings is 1. The molecule has 118 valence electrons. The average Bonchev–Trinajstić information content (AvgIpc) is 2.80. The van der Waals surface area contributed by atoms with Crippen LogP contribution in [-0.2, 0) is 5.54 Å². The van der Waals surface area contributed by atoms with Crippen LogP contribution in [0, 0.1) is 6.92 Å². The van der Waals surface area contributed by atoms with Crippen molar-refractivity contribution in [3.63, 3.8) is 0 Å². The lowest BCUT2D eigenvalue weighted by molar-refractivity contribution is 0.102. The Morgan fingerprint density at radius 3 is 2.50 bits per heavy atom. The quantitative estimate of drug-likeness (QED) is 0.917. The zero-order chi connectivity index (χ0) is 16.5. The van der Waals surface area contributed by atoms with Gasteiger partial charge >= 0.3 is 0 Å². The van der Waals surface area contributed by atoms with Gasteiger partial charge in [-0.3, -0.25) is 9.48 Å². The van der Waals surface area contributed by atoms with E-state index in [-0.39, 0.29) is 11.4 Å². The van der Waals surface area contributed by atoms with E-state index in [0.29, 0.717) is 11.5 Å². The van der Waals surface area contributed by atoms with E-state index in [1.165, 1.54) is 5.56 Å². The molecule has 0 aliphatic rings. The van der Waals surface area contributed by atoms with E-state index in [1.54, 1.807) is 6.20 Å². The molecule has 4 heteroatoms. The molecule has 1 N–H and O–H groups in total. The Morgan fingerprint density at radius 1 is 1.27 bits per heavy atom. The monoisotopic (exact) mass is 299 g/mol. The summed E-state index contributed by atoms with van der Waals surface area (Å²) in [5.41, 5.74) is 3.38. The number of carbonyl (C=O) groups excluding carboxylic acids is 1. The third-order valence-corrected chi connectivity index (χ3v) is 3.70. The van der Waals surface area contributed by atoms with Crippen LogP contribution in [0.15, 0.2) is 30.5 Å². The average molecular weight is 299 g/mol. The summed E-state index contributed by atoms with van der Waals surface area (Å²) in [5.74, 6) is 0.316. The molecule has 1 amide bonds. The van der Waals surface area contributed by atoms with Crippen molar-refractivity contribution >= 4 is 11.6 Å². The summed E-state index contributed by atoms with van der Waals surface area (Å²) in [6.45, 7) is 12.4. The highest BCUT2D eigenvalue weighted by atomic mass is 16.1. The van der Waals surface area contributed by atoms with Gasteiger partial charge in [-0.1, -0.05) is 26.0 Å². The van der Waals surface area contributed by atoms with Gasteiger partial charge in [-0.05, 0) is 51.3 Å². The lowest BCUT2D eigenvalue weighted by Crippen LogP contribution is -2.25. The highest BCUT2D eigenvalue weighted by molar-refractivity contribution is 6.04. The van der Waals surface area contributed by atoms with Gasteiger partial charge in [0.05, 0.1) is 17.3 Å². The summed E-state index contributed by atoms with van der Waals surface area (Å²) < 4.78 is 1.88. The number of anilines is 1. The molecule has 0 spiro atoms. The third-order valence-electron chi connectivity index (χ3n) is 3.70. The van der Waals surface area contributed by atoms with Gasteiger partial charge < -0.3 is 5.32 Å². The van der Waals surface area contributed by atoms with Crippen molar-refractivity contribution in [3.05, 3.63) is 47.3 Å². The molecule has 0 unspecified atom stereocenters. The molecule has 0 aliphatic carbocycles. The van der Waals surface area contributed by atoms with Gasteiger partial charge in [-0.15, -0.1) is 0 Å². The second-order valence-corrected chi connectivity index (χ2v) is 6.96. The first-order valence-corrected chi connectivity index (χ1v) is 7.66. The number of nitrogens with one attached hydrogen (secondary N) is 1. The van der Waals surface area contributed by atoms with Crippen molar-refractivity contribution in [1.82, 2.24) is 9.78 Å². The van der Waals surface area contributed by atoms with Crippen LogP contribution >= 0.6 is 0 Å². The van der Waals surface area contributed by atoms with Gasteiger partial charge in [-0.25, -0.2) is 0 Å². The molecule has 2 aromatic rings. The minimum atomic E-state index is -0.139. The van der Waals surface area contributed by atoms with Crippen LogP contribution in [0.25, 0.3) is 0 Å². The molecular formula is C18H25N3O. The lowest BCUT2D eigenvalue weighted by Gasteiger charge is -2.21. The van der Waals surface area contributed by atoms with Crippen LogP contribution in [0.2, 0.25) is 0 Å². The van der Waals surface area contributed by atoms with Gasteiger partial charge in [0.2, 0.25) is 0 Å². The van der Waals surface area contributed by atoms with Gasteiger partial charge in [0.1, 0.15) is 0 Å². The van der Waals surface area contributed by atoms with Crippen molar-refractivity contribution in [1.29, 1.82) is 0 Å². The molecule has 0 atom stereocenters.